The van der Waals surface area contributed by atoms with E-state index in [-0.39, 0.29) is 5.91 Å². The number of rotatable bonds is 4. The lowest BCUT2D eigenvalue weighted by atomic mass is 10.2. The number of imidazole rings is 1. The largest absolute Gasteiger partial charge is 0.333 e. The van der Waals surface area contributed by atoms with Crippen LogP contribution in [0.3, 0.4) is 0 Å². The second-order valence-electron chi connectivity index (χ2n) is 5.55. The van der Waals surface area contributed by atoms with Gasteiger partial charge in [-0.05, 0) is 25.5 Å². The van der Waals surface area contributed by atoms with Crippen molar-refractivity contribution in [3.8, 4) is 0 Å². The van der Waals surface area contributed by atoms with Gasteiger partial charge in [0.25, 0.3) is 5.91 Å². The summed E-state index contributed by atoms with van der Waals surface area (Å²) in [6.45, 7) is 4.89. The number of halogens is 2. The molecule has 0 unspecified atom stereocenters. The molecule has 24 heavy (non-hydrogen) atoms. The molecule has 0 aliphatic rings. The molecule has 0 fully saturated rings. The number of amides is 1. The average Bonchev–Trinajstić information content (AvgIpc) is 2.89. The Hall–Kier alpha value is -2.04. The van der Waals surface area contributed by atoms with Gasteiger partial charge in [-0.15, -0.1) is 0 Å². The predicted molar refractivity (Wildman–Crippen MR) is 96.8 cm³/mol. The molecular weight excluding hydrogens is 345 g/mol. The number of pyridine rings is 1. The van der Waals surface area contributed by atoms with Crippen molar-refractivity contribution in [1.82, 2.24) is 14.3 Å². The molecule has 2 heterocycles. The lowest BCUT2D eigenvalue weighted by molar-refractivity contribution is 0.0745. The van der Waals surface area contributed by atoms with Crippen molar-refractivity contribution in [2.75, 3.05) is 6.54 Å². The van der Waals surface area contributed by atoms with Crippen LogP contribution in [0.5, 0.6) is 0 Å². The first-order chi connectivity index (χ1) is 11.5. The minimum absolute atomic E-state index is 0.0929. The van der Waals surface area contributed by atoms with E-state index in [1.807, 2.05) is 37.3 Å². The van der Waals surface area contributed by atoms with Gasteiger partial charge in [0, 0.05) is 19.3 Å². The van der Waals surface area contributed by atoms with E-state index in [4.69, 9.17) is 23.2 Å². The van der Waals surface area contributed by atoms with Gasteiger partial charge in [0.1, 0.15) is 5.69 Å². The third kappa shape index (κ3) is 3.12. The number of fused-ring (bicyclic) bond motifs is 1. The molecule has 3 rings (SSSR count). The van der Waals surface area contributed by atoms with Crippen LogP contribution in [0, 0.1) is 6.92 Å². The fraction of sp³-hybridized carbons (Fsp3) is 0.222. The summed E-state index contributed by atoms with van der Waals surface area (Å²) >= 11 is 12.3. The van der Waals surface area contributed by atoms with E-state index in [0.29, 0.717) is 40.2 Å². The number of benzene rings is 1. The van der Waals surface area contributed by atoms with Crippen molar-refractivity contribution in [2.45, 2.75) is 20.4 Å². The monoisotopic (exact) mass is 361 g/mol. The maximum atomic E-state index is 13.1. The molecule has 0 radical (unpaired) electrons. The first kappa shape index (κ1) is 16.8. The topological polar surface area (TPSA) is 37.6 Å². The summed E-state index contributed by atoms with van der Waals surface area (Å²) in [7, 11) is 0. The summed E-state index contributed by atoms with van der Waals surface area (Å²) in [5.41, 5.74) is 2.75. The standard InChI is InChI=1S/C18H17Cl2N3O/c1-3-22(10-13-7-5-4-6-8-13)18(24)16-12(2)21-17-15(20)9-14(19)11-23(16)17/h4-9,11H,3,10H2,1-2H3. The molecule has 0 atom stereocenters. The highest BCUT2D eigenvalue weighted by molar-refractivity contribution is 6.36. The van der Waals surface area contributed by atoms with Crippen LogP contribution in [0.2, 0.25) is 10.0 Å². The van der Waals surface area contributed by atoms with Crippen molar-refractivity contribution in [3.05, 3.63) is 69.6 Å². The van der Waals surface area contributed by atoms with E-state index >= 15 is 0 Å². The molecule has 0 aliphatic carbocycles. The molecule has 0 saturated carbocycles. The molecule has 0 N–H and O–H groups in total. The van der Waals surface area contributed by atoms with E-state index in [9.17, 15) is 4.79 Å². The zero-order chi connectivity index (χ0) is 17.3. The molecular formula is C18H17Cl2N3O. The van der Waals surface area contributed by atoms with Crippen LogP contribution in [-0.2, 0) is 6.54 Å². The lowest BCUT2D eigenvalue weighted by Crippen LogP contribution is -2.31. The molecule has 1 amide bonds. The Kier molecular flexibility index (Phi) is 4.78. The summed E-state index contributed by atoms with van der Waals surface area (Å²) in [6.07, 6.45) is 1.67. The van der Waals surface area contributed by atoms with E-state index in [0.717, 1.165) is 5.56 Å². The molecule has 6 heteroatoms. The number of aromatic nitrogens is 2. The van der Waals surface area contributed by atoms with Gasteiger partial charge in [0.2, 0.25) is 0 Å². The molecule has 1 aromatic carbocycles. The van der Waals surface area contributed by atoms with Gasteiger partial charge < -0.3 is 4.90 Å². The Morgan fingerprint density at radius 2 is 1.96 bits per heavy atom. The molecule has 4 nitrogen and oxygen atoms in total. The Bertz CT molecular complexity index is 890. The fourth-order valence-corrected chi connectivity index (χ4v) is 3.24. The van der Waals surface area contributed by atoms with Gasteiger partial charge in [-0.2, -0.15) is 0 Å². The number of hydrogen-bond donors (Lipinski definition) is 0. The summed E-state index contributed by atoms with van der Waals surface area (Å²) in [5, 5.41) is 0.890. The number of aryl methyl sites for hydroxylation is 1. The Morgan fingerprint density at radius 1 is 1.25 bits per heavy atom. The molecule has 0 bridgehead atoms. The van der Waals surface area contributed by atoms with Crippen LogP contribution >= 0.6 is 23.2 Å². The van der Waals surface area contributed by atoms with Gasteiger partial charge in [-0.1, -0.05) is 53.5 Å². The summed E-state index contributed by atoms with van der Waals surface area (Å²) in [5.74, 6) is -0.0929. The average molecular weight is 362 g/mol. The maximum absolute atomic E-state index is 13.1. The normalized spacial score (nSPS) is 11.0. The van der Waals surface area contributed by atoms with Crippen molar-refractivity contribution in [3.63, 3.8) is 0 Å². The molecule has 0 aliphatic heterocycles. The number of hydrogen-bond acceptors (Lipinski definition) is 2. The maximum Gasteiger partial charge on any atom is 0.273 e. The van der Waals surface area contributed by atoms with Crippen molar-refractivity contribution in [1.29, 1.82) is 0 Å². The Morgan fingerprint density at radius 3 is 2.62 bits per heavy atom. The molecule has 2 aromatic heterocycles. The van der Waals surface area contributed by atoms with Crippen molar-refractivity contribution in [2.24, 2.45) is 0 Å². The van der Waals surface area contributed by atoms with Gasteiger partial charge in [-0.3, -0.25) is 9.20 Å². The molecule has 0 spiro atoms. The highest BCUT2D eigenvalue weighted by Crippen LogP contribution is 2.25. The Labute approximate surface area is 150 Å². The second-order valence-corrected chi connectivity index (χ2v) is 6.39. The lowest BCUT2D eigenvalue weighted by Gasteiger charge is -2.21. The first-order valence-corrected chi connectivity index (χ1v) is 8.43. The summed E-state index contributed by atoms with van der Waals surface area (Å²) in [6, 6.07) is 11.5. The minimum Gasteiger partial charge on any atom is -0.333 e. The SMILES string of the molecule is CCN(Cc1ccccc1)C(=O)c1c(C)nc2c(Cl)cc(Cl)cn12. The van der Waals surface area contributed by atoms with Crippen LogP contribution in [0.25, 0.3) is 5.65 Å². The van der Waals surface area contributed by atoms with Gasteiger partial charge in [-0.25, -0.2) is 4.98 Å². The van der Waals surface area contributed by atoms with Crippen LogP contribution < -0.4 is 0 Å². The second kappa shape index (κ2) is 6.83. The minimum atomic E-state index is -0.0929. The molecule has 0 saturated heterocycles. The van der Waals surface area contributed by atoms with Gasteiger partial charge >= 0.3 is 0 Å². The quantitative estimate of drug-likeness (QED) is 0.680. The molecule has 124 valence electrons. The first-order valence-electron chi connectivity index (χ1n) is 7.68. The van der Waals surface area contributed by atoms with Crippen LogP contribution in [0.15, 0.2) is 42.6 Å². The van der Waals surface area contributed by atoms with E-state index in [2.05, 4.69) is 4.98 Å². The van der Waals surface area contributed by atoms with Gasteiger partial charge in [0.05, 0.1) is 15.7 Å². The number of nitrogens with zero attached hydrogens (tertiary/aromatic N) is 3. The zero-order valence-corrected chi connectivity index (χ0v) is 15.0. The van der Waals surface area contributed by atoms with Crippen LogP contribution in [0.4, 0.5) is 0 Å². The third-order valence-corrected chi connectivity index (χ3v) is 4.39. The summed E-state index contributed by atoms with van der Waals surface area (Å²) < 4.78 is 1.68. The zero-order valence-electron chi connectivity index (χ0n) is 13.5. The van der Waals surface area contributed by atoms with Crippen molar-refractivity contribution < 1.29 is 4.79 Å². The van der Waals surface area contributed by atoms with E-state index < -0.39 is 0 Å². The van der Waals surface area contributed by atoms with Crippen molar-refractivity contribution >= 4 is 34.8 Å². The van der Waals surface area contributed by atoms with Crippen LogP contribution in [0.1, 0.15) is 28.7 Å². The smallest absolute Gasteiger partial charge is 0.273 e. The third-order valence-electron chi connectivity index (χ3n) is 3.90. The van der Waals surface area contributed by atoms with E-state index in [1.165, 1.54) is 0 Å². The van der Waals surface area contributed by atoms with E-state index in [1.54, 1.807) is 28.5 Å². The summed E-state index contributed by atoms with van der Waals surface area (Å²) in [4.78, 5) is 19.3. The highest BCUT2D eigenvalue weighted by Gasteiger charge is 2.23. The molecule has 3 aromatic rings. The number of carbonyl (C=O) groups is 1. The van der Waals surface area contributed by atoms with Gasteiger partial charge in [0.15, 0.2) is 5.65 Å². The van der Waals surface area contributed by atoms with Crippen LogP contribution in [-0.4, -0.2) is 26.7 Å². The Balaban J connectivity index is 2.02. The predicted octanol–water partition coefficient (Wildman–Crippen LogP) is 4.61. The number of carbonyl (C=O) groups excluding carboxylic acids is 1. The highest BCUT2D eigenvalue weighted by atomic mass is 35.5. The fourth-order valence-electron chi connectivity index (χ4n) is 2.72.